The average molecular weight is 333 g/mol. The number of rotatable bonds is 5. The summed E-state index contributed by atoms with van der Waals surface area (Å²) in [4.78, 5) is 2.42. The van der Waals surface area contributed by atoms with Crippen LogP contribution in [0.15, 0.2) is 15.9 Å². The molecular weight excluding hydrogens is 320 g/mol. The van der Waals surface area contributed by atoms with Crippen LogP contribution in [0.5, 0.6) is 0 Å². The van der Waals surface area contributed by atoms with Gasteiger partial charge in [-0.05, 0) is 45.3 Å². The summed E-state index contributed by atoms with van der Waals surface area (Å²) in [6, 6.07) is 2.14. The number of hydrogen-bond donors (Lipinski definition) is 2. The van der Waals surface area contributed by atoms with Gasteiger partial charge in [0.15, 0.2) is 0 Å². The largest absolute Gasteiger partial charge is 0.271 e. The fourth-order valence-electron chi connectivity index (χ4n) is 1.61. The van der Waals surface area contributed by atoms with E-state index in [4.69, 9.17) is 5.84 Å². The summed E-state index contributed by atoms with van der Waals surface area (Å²) in [6.07, 6.45) is 1.74. The number of halogens is 1. The molecular formula is C10H13BrN4S2. The molecule has 2 aromatic rings. The van der Waals surface area contributed by atoms with E-state index in [2.05, 4.69) is 49.3 Å². The molecule has 4 nitrogen and oxygen atoms in total. The van der Waals surface area contributed by atoms with Gasteiger partial charge in [0, 0.05) is 15.8 Å². The van der Waals surface area contributed by atoms with Crippen LogP contribution in [0.25, 0.3) is 0 Å². The van der Waals surface area contributed by atoms with Crippen molar-refractivity contribution in [3.05, 3.63) is 31.4 Å². The van der Waals surface area contributed by atoms with Gasteiger partial charge >= 0.3 is 0 Å². The van der Waals surface area contributed by atoms with Gasteiger partial charge in [-0.3, -0.25) is 11.3 Å². The first-order valence-electron chi connectivity index (χ1n) is 5.25. The summed E-state index contributed by atoms with van der Waals surface area (Å²) in [5.41, 5.74) is 3.89. The highest BCUT2D eigenvalue weighted by molar-refractivity contribution is 9.10. The zero-order valence-corrected chi connectivity index (χ0v) is 12.5. The van der Waals surface area contributed by atoms with Crippen molar-refractivity contribution in [3.63, 3.8) is 0 Å². The standard InChI is InChI=1S/C10H13BrN4S2/c1-2-7-10(17-15-14-7)8(13-12)5-9-6(11)3-4-16-9/h3-4,8,13H,2,5,12H2,1H3. The Labute approximate surface area is 117 Å². The molecule has 0 saturated carbocycles. The number of hydrazine groups is 1. The van der Waals surface area contributed by atoms with Gasteiger partial charge in [0.2, 0.25) is 0 Å². The molecule has 3 N–H and O–H groups in total. The molecule has 0 aliphatic rings. The van der Waals surface area contributed by atoms with Crippen LogP contribution in [-0.2, 0) is 12.8 Å². The summed E-state index contributed by atoms with van der Waals surface area (Å²) in [7, 11) is 0. The number of hydrogen-bond acceptors (Lipinski definition) is 6. The van der Waals surface area contributed by atoms with Gasteiger partial charge in [-0.25, -0.2) is 0 Å². The van der Waals surface area contributed by atoms with E-state index in [0.717, 1.165) is 27.9 Å². The molecule has 2 heterocycles. The maximum Gasteiger partial charge on any atom is 0.0801 e. The average Bonchev–Trinajstić information content (AvgIpc) is 2.95. The minimum atomic E-state index is 0.0832. The van der Waals surface area contributed by atoms with Crippen molar-refractivity contribution in [3.8, 4) is 0 Å². The van der Waals surface area contributed by atoms with Crippen molar-refractivity contribution < 1.29 is 0 Å². The van der Waals surface area contributed by atoms with Crippen LogP contribution in [0.2, 0.25) is 0 Å². The summed E-state index contributed by atoms with van der Waals surface area (Å²) >= 11 is 6.68. The molecule has 0 aliphatic carbocycles. The number of nitrogens with zero attached hydrogens (tertiary/aromatic N) is 2. The molecule has 17 heavy (non-hydrogen) atoms. The maximum atomic E-state index is 5.64. The molecule has 92 valence electrons. The molecule has 0 radical (unpaired) electrons. The van der Waals surface area contributed by atoms with Crippen LogP contribution >= 0.6 is 38.8 Å². The smallest absolute Gasteiger partial charge is 0.0801 e. The summed E-state index contributed by atoms with van der Waals surface area (Å²) in [6.45, 7) is 2.08. The first-order valence-corrected chi connectivity index (χ1v) is 7.70. The van der Waals surface area contributed by atoms with Gasteiger partial charge in [0.05, 0.1) is 16.6 Å². The first-order chi connectivity index (χ1) is 8.26. The minimum absolute atomic E-state index is 0.0832. The highest BCUT2D eigenvalue weighted by Gasteiger charge is 2.19. The van der Waals surface area contributed by atoms with Gasteiger partial charge in [-0.15, -0.1) is 16.4 Å². The lowest BCUT2D eigenvalue weighted by Gasteiger charge is -2.14. The van der Waals surface area contributed by atoms with E-state index in [1.807, 2.05) is 0 Å². The fraction of sp³-hybridized carbons (Fsp3) is 0.400. The topological polar surface area (TPSA) is 63.8 Å². The number of nitrogens with two attached hydrogens (primary N) is 1. The third-order valence-corrected chi connectivity index (χ3v) is 5.35. The molecule has 0 amide bonds. The molecule has 0 saturated heterocycles. The van der Waals surface area contributed by atoms with Gasteiger partial charge in [0.25, 0.3) is 0 Å². The number of nitrogens with one attached hydrogen (secondary N) is 1. The van der Waals surface area contributed by atoms with Gasteiger partial charge in [0.1, 0.15) is 0 Å². The molecule has 1 atom stereocenters. The Morgan fingerprint density at radius 2 is 2.41 bits per heavy atom. The zero-order chi connectivity index (χ0) is 12.3. The van der Waals surface area contributed by atoms with Crippen molar-refractivity contribution in [2.45, 2.75) is 25.8 Å². The van der Waals surface area contributed by atoms with Crippen molar-refractivity contribution in [1.82, 2.24) is 15.0 Å². The Hall–Kier alpha value is -0.340. The lowest BCUT2D eigenvalue weighted by atomic mass is 10.1. The quantitative estimate of drug-likeness (QED) is 0.652. The summed E-state index contributed by atoms with van der Waals surface area (Å²) in [5, 5.41) is 6.19. The predicted octanol–water partition coefficient (Wildman–Crippen LogP) is 2.67. The summed E-state index contributed by atoms with van der Waals surface area (Å²) in [5.74, 6) is 5.64. The number of aromatic nitrogens is 2. The second-order valence-electron chi connectivity index (χ2n) is 3.55. The van der Waals surface area contributed by atoms with Crippen molar-refractivity contribution >= 4 is 38.8 Å². The third kappa shape index (κ3) is 2.92. The maximum absolute atomic E-state index is 5.64. The van der Waals surface area contributed by atoms with E-state index in [1.165, 1.54) is 16.4 Å². The Balaban J connectivity index is 2.20. The molecule has 2 rings (SSSR count). The molecule has 0 fully saturated rings. The molecule has 0 spiro atoms. The van der Waals surface area contributed by atoms with E-state index in [-0.39, 0.29) is 6.04 Å². The fourth-order valence-corrected chi connectivity index (χ4v) is 3.97. The molecule has 0 bridgehead atoms. The Morgan fingerprint density at radius 1 is 1.59 bits per heavy atom. The zero-order valence-electron chi connectivity index (χ0n) is 9.31. The molecule has 2 aromatic heterocycles. The van der Waals surface area contributed by atoms with Crippen molar-refractivity contribution in [2.24, 2.45) is 5.84 Å². The number of aryl methyl sites for hydroxylation is 1. The second-order valence-corrected chi connectivity index (χ2v) is 6.19. The van der Waals surface area contributed by atoms with Crippen LogP contribution in [0, 0.1) is 0 Å². The van der Waals surface area contributed by atoms with E-state index in [9.17, 15) is 0 Å². The van der Waals surface area contributed by atoms with Crippen molar-refractivity contribution in [1.29, 1.82) is 0 Å². The Bertz CT molecular complexity index is 482. The van der Waals surface area contributed by atoms with Crippen LogP contribution < -0.4 is 11.3 Å². The van der Waals surface area contributed by atoms with Gasteiger partial charge in [-0.1, -0.05) is 11.4 Å². The third-order valence-electron chi connectivity index (χ3n) is 2.52. The predicted molar refractivity (Wildman–Crippen MR) is 75.1 cm³/mol. The van der Waals surface area contributed by atoms with E-state index < -0.39 is 0 Å². The van der Waals surface area contributed by atoms with Crippen LogP contribution in [-0.4, -0.2) is 9.59 Å². The molecule has 0 aromatic carbocycles. The first kappa shape index (κ1) is 13.1. The Kier molecular flexibility index (Phi) is 4.63. The highest BCUT2D eigenvalue weighted by atomic mass is 79.9. The normalized spacial score (nSPS) is 12.9. The number of thiophene rings is 1. The summed E-state index contributed by atoms with van der Waals surface area (Å²) < 4.78 is 5.14. The monoisotopic (exact) mass is 332 g/mol. The van der Waals surface area contributed by atoms with Gasteiger partial charge in [-0.2, -0.15) is 0 Å². The minimum Gasteiger partial charge on any atom is -0.271 e. The van der Waals surface area contributed by atoms with E-state index >= 15 is 0 Å². The van der Waals surface area contributed by atoms with Crippen molar-refractivity contribution in [2.75, 3.05) is 0 Å². The molecule has 7 heteroatoms. The highest BCUT2D eigenvalue weighted by Crippen LogP contribution is 2.30. The lowest BCUT2D eigenvalue weighted by molar-refractivity contribution is 0.558. The van der Waals surface area contributed by atoms with Crippen LogP contribution in [0.4, 0.5) is 0 Å². The van der Waals surface area contributed by atoms with Crippen LogP contribution in [0.3, 0.4) is 0 Å². The van der Waals surface area contributed by atoms with Gasteiger partial charge < -0.3 is 0 Å². The Morgan fingerprint density at radius 3 is 3.00 bits per heavy atom. The molecule has 1 unspecified atom stereocenters. The second kappa shape index (κ2) is 6.01. The SMILES string of the molecule is CCc1nnsc1C(Cc1sccc1Br)NN. The lowest BCUT2D eigenvalue weighted by Crippen LogP contribution is -2.29. The van der Waals surface area contributed by atoms with Crippen LogP contribution in [0.1, 0.15) is 28.4 Å². The molecule has 0 aliphatic heterocycles. The van der Waals surface area contributed by atoms with E-state index in [1.54, 1.807) is 11.3 Å². The van der Waals surface area contributed by atoms with E-state index in [0.29, 0.717) is 0 Å².